The molecule has 2 aromatic rings. The van der Waals surface area contributed by atoms with E-state index in [2.05, 4.69) is 35.9 Å². The predicted molar refractivity (Wildman–Crippen MR) is 87.7 cm³/mol. The number of carbonyl (C=O) groups excluding carboxylic acids is 1. The average molecular weight is 315 g/mol. The summed E-state index contributed by atoms with van der Waals surface area (Å²) in [7, 11) is 1.33. The minimum absolute atomic E-state index is 0.151. The molecule has 1 aromatic carbocycles. The Bertz CT molecular complexity index is 684. The van der Waals surface area contributed by atoms with Gasteiger partial charge >= 0.3 is 5.97 Å². The third-order valence-corrected chi connectivity index (χ3v) is 3.46. The summed E-state index contributed by atoms with van der Waals surface area (Å²) in [5.74, 6) is 1.11. The number of hydrogen-bond acceptors (Lipinski definition) is 5. The number of furan rings is 1. The highest BCUT2D eigenvalue weighted by atomic mass is 16.6. The number of nitrogens with zero attached hydrogens (tertiary/aromatic N) is 1. The number of benzene rings is 1. The van der Waals surface area contributed by atoms with Crippen molar-refractivity contribution in [1.82, 2.24) is 0 Å². The van der Waals surface area contributed by atoms with Crippen molar-refractivity contribution in [3.63, 3.8) is 0 Å². The number of oxime groups is 1. The van der Waals surface area contributed by atoms with Gasteiger partial charge in [-0.05, 0) is 30.0 Å². The van der Waals surface area contributed by atoms with Gasteiger partial charge in [-0.1, -0.05) is 43.3 Å². The van der Waals surface area contributed by atoms with Crippen LogP contribution in [0.4, 0.5) is 0 Å². The molecule has 5 heteroatoms. The number of ether oxygens (including phenoxy) is 1. The third kappa shape index (κ3) is 4.45. The van der Waals surface area contributed by atoms with Crippen LogP contribution >= 0.6 is 0 Å². The average Bonchev–Trinajstić information content (AvgIpc) is 2.92. The summed E-state index contributed by atoms with van der Waals surface area (Å²) >= 11 is 0. The van der Waals surface area contributed by atoms with Gasteiger partial charge in [0, 0.05) is 0 Å². The smallest absolute Gasteiger partial charge is 0.341 e. The lowest BCUT2D eigenvalue weighted by atomic mass is 10.0. The summed E-state index contributed by atoms with van der Waals surface area (Å²) in [6.07, 6.45) is 1.64. The molecule has 23 heavy (non-hydrogen) atoms. The van der Waals surface area contributed by atoms with E-state index in [1.165, 1.54) is 12.7 Å². The van der Waals surface area contributed by atoms with Crippen LogP contribution in [0, 0.1) is 6.92 Å². The minimum atomic E-state index is -0.425. The maximum Gasteiger partial charge on any atom is 0.341 e. The normalized spacial score (nSPS) is 11.2. The summed E-state index contributed by atoms with van der Waals surface area (Å²) < 4.78 is 10.1. The first-order valence-corrected chi connectivity index (χ1v) is 7.44. The largest absolute Gasteiger partial charge is 0.465 e. The molecule has 1 aromatic heterocycles. The Kier molecular flexibility index (Phi) is 5.57. The van der Waals surface area contributed by atoms with Gasteiger partial charge in [0.05, 0.1) is 13.3 Å². The maximum atomic E-state index is 11.5. The number of esters is 1. The quantitative estimate of drug-likeness (QED) is 0.458. The zero-order chi connectivity index (χ0) is 16.8. The standard InChI is InChI=1S/C18H21NO4/c1-12(2)15-7-5-14(6-8-15)10-19-22-11-16-9-17(13(3)23-16)18(20)21-4/h5-10,12H,11H2,1-4H3/b19-10-. The molecule has 0 saturated carbocycles. The van der Waals surface area contributed by atoms with E-state index in [-0.39, 0.29) is 6.61 Å². The van der Waals surface area contributed by atoms with Crippen LogP contribution in [0.1, 0.15) is 52.8 Å². The van der Waals surface area contributed by atoms with Gasteiger partial charge in [0.2, 0.25) is 0 Å². The maximum absolute atomic E-state index is 11.5. The van der Waals surface area contributed by atoms with Crippen LogP contribution in [0.15, 0.2) is 39.9 Å². The molecule has 0 aliphatic rings. The Balaban J connectivity index is 1.90. The number of carbonyl (C=O) groups is 1. The topological polar surface area (TPSA) is 61.0 Å². The summed E-state index contributed by atoms with van der Waals surface area (Å²) in [5.41, 5.74) is 2.64. The highest BCUT2D eigenvalue weighted by Gasteiger charge is 2.15. The fraction of sp³-hybridized carbons (Fsp3) is 0.333. The molecule has 0 aliphatic carbocycles. The molecular weight excluding hydrogens is 294 g/mol. The van der Waals surface area contributed by atoms with E-state index in [1.54, 1.807) is 19.2 Å². The van der Waals surface area contributed by atoms with E-state index in [0.29, 0.717) is 23.0 Å². The van der Waals surface area contributed by atoms with Crippen LogP contribution in [0.3, 0.4) is 0 Å². The van der Waals surface area contributed by atoms with Crippen LogP contribution in [0.25, 0.3) is 0 Å². The molecule has 0 N–H and O–H groups in total. The van der Waals surface area contributed by atoms with E-state index in [1.807, 2.05) is 12.1 Å². The van der Waals surface area contributed by atoms with E-state index in [0.717, 1.165) is 5.56 Å². The molecule has 1 heterocycles. The van der Waals surface area contributed by atoms with Crippen molar-refractivity contribution in [3.05, 3.63) is 58.5 Å². The fourth-order valence-electron chi connectivity index (χ4n) is 2.09. The van der Waals surface area contributed by atoms with Crippen molar-refractivity contribution in [2.45, 2.75) is 33.3 Å². The van der Waals surface area contributed by atoms with Crippen LogP contribution in [0.2, 0.25) is 0 Å². The van der Waals surface area contributed by atoms with Gasteiger partial charge in [-0.25, -0.2) is 4.79 Å². The Morgan fingerprint density at radius 1 is 1.30 bits per heavy atom. The molecule has 0 spiro atoms. The summed E-state index contributed by atoms with van der Waals surface area (Å²) in [5, 5.41) is 3.91. The first-order valence-electron chi connectivity index (χ1n) is 7.44. The van der Waals surface area contributed by atoms with Crippen molar-refractivity contribution in [1.29, 1.82) is 0 Å². The second-order valence-electron chi connectivity index (χ2n) is 5.50. The second kappa shape index (κ2) is 7.63. The molecule has 0 fully saturated rings. The summed E-state index contributed by atoms with van der Waals surface area (Å²) in [6.45, 7) is 6.16. The molecule has 2 rings (SSSR count). The SMILES string of the molecule is COC(=O)c1cc(CO/N=C\c2ccc(C(C)C)cc2)oc1C. The molecular formula is C18H21NO4. The van der Waals surface area contributed by atoms with Gasteiger partial charge in [0.25, 0.3) is 0 Å². The summed E-state index contributed by atoms with van der Waals surface area (Å²) in [4.78, 5) is 16.7. The van der Waals surface area contributed by atoms with Gasteiger partial charge in [-0.3, -0.25) is 0 Å². The van der Waals surface area contributed by atoms with Crippen molar-refractivity contribution in [2.75, 3.05) is 7.11 Å². The van der Waals surface area contributed by atoms with Crippen LogP contribution in [0.5, 0.6) is 0 Å². The van der Waals surface area contributed by atoms with Crippen molar-refractivity contribution >= 4 is 12.2 Å². The van der Waals surface area contributed by atoms with Gasteiger partial charge in [-0.15, -0.1) is 0 Å². The van der Waals surface area contributed by atoms with Gasteiger partial charge in [-0.2, -0.15) is 0 Å². The lowest BCUT2D eigenvalue weighted by molar-refractivity contribution is 0.0599. The van der Waals surface area contributed by atoms with Gasteiger partial charge < -0.3 is 14.0 Å². The number of aryl methyl sites for hydroxylation is 1. The Hall–Kier alpha value is -2.56. The number of methoxy groups -OCH3 is 1. The van der Waals surface area contributed by atoms with Gasteiger partial charge in [0.1, 0.15) is 17.1 Å². The number of rotatable bonds is 6. The lowest BCUT2D eigenvalue weighted by Gasteiger charge is -2.04. The van der Waals surface area contributed by atoms with E-state index < -0.39 is 5.97 Å². The molecule has 0 unspecified atom stereocenters. The zero-order valence-corrected chi connectivity index (χ0v) is 13.8. The zero-order valence-electron chi connectivity index (χ0n) is 13.8. The van der Waals surface area contributed by atoms with Crippen LogP contribution in [-0.2, 0) is 16.2 Å². The first-order chi connectivity index (χ1) is 11.0. The Morgan fingerprint density at radius 3 is 2.61 bits per heavy atom. The van der Waals surface area contributed by atoms with Crippen molar-refractivity contribution in [2.24, 2.45) is 5.16 Å². The Morgan fingerprint density at radius 2 is 2.00 bits per heavy atom. The highest BCUT2D eigenvalue weighted by Crippen LogP contribution is 2.17. The molecule has 0 saturated heterocycles. The molecule has 0 radical (unpaired) electrons. The minimum Gasteiger partial charge on any atom is -0.465 e. The van der Waals surface area contributed by atoms with E-state index >= 15 is 0 Å². The van der Waals surface area contributed by atoms with Crippen LogP contribution in [-0.4, -0.2) is 19.3 Å². The molecule has 0 atom stereocenters. The van der Waals surface area contributed by atoms with Crippen molar-refractivity contribution in [3.8, 4) is 0 Å². The van der Waals surface area contributed by atoms with Gasteiger partial charge in [0.15, 0.2) is 6.61 Å². The molecule has 5 nitrogen and oxygen atoms in total. The molecule has 122 valence electrons. The second-order valence-corrected chi connectivity index (χ2v) is 5.50. The fourth-order valence-corrected chi connectivity index (χ4v) is 2.09. The third-order valence-electron chi connectivity index (χ3n) is 3.46. The van der Waals surface area contributed by atoms with Crippen molar-refractivity contribution < 1.29 is 18.8 Å². The van der Waals surface area contributed by atoms with E-state index in [4.69, 9.17) is 9.25 Å². The van der Waals surface area contributed by atoms with Crippen LogP contribution < -0.4 is 0 Å². The highest BCUT2D eigenvalue weighted by molar-refractivity contribution is 5.90. The molecule has 0 aliphatic heterocycles. The summed E-state index contributed by atoms with van der Waals surface area (Å²) in [6, 6.07) is 9.74. The Labute approximate surface area is 135 Å². The molecule has 0 amide bonds. The number of hydrogen-bond donors (Lipinski definition) is 0. The van der Waals surface area contributed by atoms with E-state index in [9.17, 15) is 4.79 Å². The molecule has 0 bridgehead atoms. The lowest BCUT2D eigenvalue weighted by Crippen LogP contribution is -2.00. The first kappa shape index (κ1) is 16.8. The monoisotopic (exact) mass is 315 g/mol. The predicted octanol–water partition coefficient (Wildman–Crippen LogP) is 4.05.